The Morgan fingerprint density at radius 1 is 1.14 bits per heavy atom. The number of thiol groups is 1. The van der Waals surface area contributed by atoms with Crippen molar-refractivity contribution in [2.75, 3.05) is 5.75 Å². The molecule has 2 rings (SSSR count). The number of fused-ring (bicyclic) bond motifs is 1. The summed E-state index contributed by atoms with van der Waals surface area (Å²) in [6.07, 6.45) is 12.7. The minimum absolute atomic E-state index is 0.359. The van der Waals surface area contributed by atoms with Crippen molar-refractivity contribution in [1.82, 2.24) is 0 Å². The Kier molecular flexibility index (Phi) is 10.1. The van der Waals surface area contributed by atoms with Crippen LogP contribution < -0.4 is 0 Å². The van der Waals surface area contributed by atoms with Gasteiger partial charge in [0.1, 0.15) is 0 Å². The van der Waals surface area contributed by atoms with Gasteiger partial charge >= 0.3 is 0 Å². The maximum atomic E-state index is 4.59. The molecule has 0 radical (unpaired) electrons. The van der Waals surface area contributed by atoms with Crippen LogP contribution in [0.4, 0.5) is 0 Å². The average molecular weight is 421 g/mol. The molecular formula is C28H52S. The smallest absolute Gasteiger partial charge is 0.0113 e. The molecule has 2 fully saturated rings. The molecule has 0 aromatic heterocycles. The van der Waals surface area contributed by atoms with Gasteiger partial charge in [-0.2, -0.15) is 12.6 Å². The predicted octanol–water partition coefficient (Wildman–Crippen LogP) is 9.38. The van der Waals surface area contributed by atoms with Crippen molar-refractivity contribution in [2.45, 2.75) is 107 Å². The van der Waals surface area contributed by atoms with E-state index in [9.17, 15) is 0 Å². The summed E-state index contributed by atoms with van der Waals surface area (Å²) in [5.74, 6) is 3.82. The zero-order valence-electron chi connectivity index (χ0n) is 21.1. The summed E-state index contributed by atoms with van der Waals surface area (Å²) >= 11 is 4.59. The second-order valence-electron chi connectivity index (χ2n) is 10.6. The minimum Gasteiger partial charge on any atom is -0.175 e. The van der Waals surface area contributed by atoms with Crippen molar-refractivity contribution in [2.24, 2.45) is 39.9 Å². The molecule has 7 unspecified atom stereocenters. The second-order valence-corrected chi connectivity index (χ2v) is 10.9. The van der Waals surface area contributed by atoms with E-state index in [0.717, 1.165) is 23.5 Å². The quantitative estimate of drug-likeness (QED) is 0.293. The molecule has 0 saturated heterocycles. The molecule has 0 aromatic carbocycles. The van der Waals surface area contributed by atoms with Crippen molar-refractivity contribution in [3.05, 3.63) is 24.8 Å². The van der Waals surface area contributed by atoms with Gasteiger partial charge in [0, 0.05) is 5.75 Å². The van der Waals surface area contributed by atoms with Crippen molar-refractivity contribution in [3.63, 3.8) is 0 Å². The van der Waals surface area contributed by atoms with Gasteiger partial charge in [0.25, 0.3) is 0 Å². The maximum absolute atomic E-state index is 4.59. The monoisotopic (exact) mass is 420 g/mol. The summed E-state index contributed by atoms with van der Waals surface area (Å²) in [6, 6.07) is 0. The average Bonchev–Trinajstić information content (AvgIpc) is 2.70. The lowest BCUT2D eigenvalue weighted by Crippen LogP contribution is -2.58. The Hall–Kier alpha value is -0.170. The van der Waals surface area contributed by atoms with Crippen LogP contribution in [0.2, 0.25) is 0 Å². The third kappa shape index (κ3) is 4.70. The van der Waals surface area contributed by atoms with E-state index in [2.05, 4.69) is 73.4 Å². The molecular weight excluding hydrogens is 368 g/mol. The van der Waals surface area contributed by atoms with E-state index in [1.807, 2.05) is 13.8 Å². The summed E-state index contributed by atoms with van der Waals surface area (Å²) in [6.45, 7) is 27.7. The molecule has 0 bridgehead atoms. The first-order chi connectivity index (χ1) is 13.7. The SMILES string of the molecule is C=CCC1CCC2(C)C(C)C(C)(C(CC)C(=C)CS)CCC2C1(C)CCC.CC. The normalized spacial score (nSPS) is 40.2. The highest BCUT2D eigenvalue weighted by atomic mass is 32.1. The van der Waals surface area contributed by atoms with Crippen molar-refractivity contribution in [1.29, 1.82) is 0 Å². The largest absolute Gasteiger partial charge is 0.175 e. The molecule has 0 aliphatic heterocycles. The van der Waals surface area contributed by atoms with E-state index in [0.29, 0.717) is 22.2 Å². The topological polar surface area (TPSA) is 0 Å². The van der Waals surface area contributed by atoms with Crippen LogP contribution in [0.3, 0.4) is 0 Å². The Balaban J connectivity index is 0.00000204. The number of hydrogen-bond donors (Lipinski definition) is 1. The first kappa shape index (κ1) is 26.9. The Labute approximate surface area is 189 Å². The molecule has 2 aliphatic carbocycles. The van der Waals surface area contributed by atoms with Gasteiger partial charge in [-0.15, -0.1) is 6.58 Å². The Morgan fingerprint density at radius 2 is 1.76 bits per heavy atom. The predicted molar refractivity (Wildman–Crippen MR) is 137 cm³/mol. The van der Waals surface area contributed by atoms with Crippen LogP contribution in [-0.4, -0.2) is 5.75 Å². The fourth-order valence-corrected chi connectivity index (χ4v) is 8.16. The van der Waals surface area contributed by atoms with Crippen LogP contribution in [0.5, 0.6) is 0 Å². The van der Waals surface area contributed by atoms with Gasteiger partial charge in [0.15, 0.2) is 0 Å². The maximum Gasteiger partial charge on any atom is 0.0113 e. The lowest BCUT2D eigenvalue weighted by molar-refractivity contribution is -0.163. The van der Waals surface area contributed by atoms with Crippen LogP contribution in [-0.2, 0) is 0 Å². The zero-order valence-corrected chi connectivity index (χ0v) is 22.0. The minimum atomic E-state index is 0.359. The molecule has 0 heterocycles. The third-order valence-electron chi connectivity index (χ3n) is 9.65. The number of allylic oxidation sites excluding steroid dienone is 1. The number of rotatable bonds is 8. The van der Waals surface area contributed by atoms with Crippen molar-refractivity contribution < 1.29 is 0 Å². The third-order valence-corrected chi connectivity index (χ3v) is 10.1. The van der Waals surface area contributed by atoms with E-state index in [-0.39, 0.29) is 0 Å². The first-order valence-electron chi connectivity index (χ1n) is 12.5. The standard InChI is InChI=1S/C26H46S.C2H6/c1-9-12-21-13-16-25(7)20(5)24(6,22(11-3)19(4)18-27)17-14-23(25)26(21,8)15-10-2;1-2/h9,20-23,27H,1,4,10-18H2,2-3,5-8H3;1-2H3. The highest BCUT2D eigenvalue weighted by Gasteiger charge is 2.60. The lowest BCUT2D eigenvalue weighted by Gasteiger charge is -2.66. The Morgan fingerprint density at radius 3 is 2.24 bits per heavy atom. The summed E-state index contributed by atoms with van der Waals surface area (Å²) < 4.78 is 0. The van der Waals surface area contributed by atoms with E-state index in [4.69, 9.17) is 0 Å². The van der Waals surface area contributed by atoms with Crippen molar-refractivity contribution in [3.8, 4) is 0 Å². The molecule has 1 heteroatoms. The second kappa shape index (κ2) is 10.9. The molecule has 0 N–H and O–H groups in total. The summed E-state index contributed by atoms with van der Waals surface area (Å²) in [7, 11) is 0. The molecule has 0 spiro atoms. The molecule has 7 atom stereocenters. The molecule has 170 valence electrons. The van der Waals surface area contributed by atoms with Crippen molar-refractivity contribution >= 4 is 12.6 Å². The zero-order chi connectivity index (χ0) is 22.5. The van der Waals surface area contributed by atoms with Crippen LogP contribution in [0.25, 0.3) is 0 Å². The van der Waals surface area contributed by atoms with E-state index in [1.54, 1.807) is 0 Å². The van der Waals surface area contributed by atoms with Gasteiger partial charge in [-0.25, -0.2) is 0 Å². The molecule has 29 heavy (non-hydrogen) atoms. The molecule has 2 aliphatic rings. The molecule has 0 nitrogen and oxygen atoms in total. The van der Waals surface area contributed by atoms with Crippen LogP contribution in [0.15, 0.2) is 24.8 Å². The van der Waals surface area contributed by atoms with E-state index in [1.165, 1.54) is 56.9 Å². The summed E-state index contributed by atoms with van der Waals surface area (Å²) in [4.78, 5) is 0. The molecule has 0 amide bonds. The lowest BCUT2D eigenvalue weighted by atomic mass is 9.39. The van der Waals surface area contributed by atoms with Gasteiger partial charge < -0.3 is 0 Å². The Bertz CT molecular complexity index is 536. The van der Waals surface area contributed by atoms with Gasteiger partial charge in [0.05, 0.1) is 0 Å². The van der Waals surface area contributed by atoms with Gasteiger partial charge in [-0.3, -0.25) is 0 Å². The van der Waals surface area contributed by atoms with Gasteiger partial charge in [-0.1, -0.05) is 80.0 Å². The van der Waals surface area contributed by atoms with Gasteiger partial charge in [0.2, 0.25) is 0 Å². The van der Waals surface area contributed by atoms with Gasteiger partial charge in [-0.05, 0) is 84.9 Å². The van der Waals surface area contributed by atoms with E-state index >= 15 is 0 Å². The van der Waals surface area contributed by atoms with Crippen LogP contribution in [0.1, 0.15) is 107 Å². The summed E-state index contributed by atoms with van der Waals surface area (Å²) in [5.41, 5.74) is 2.62. The molecule has 0 aromatic rings. The van der Waals surface area contributed by atoms with Crippen LogP contribution in [0, 0.1) is 39.9 Å². The fraction of sp³-hybridized carbons (Fsp3) is 0.857. The summed E-state index contributed by atoms with van der Waals surface area (Å²) in [5, 5.41) is 0. The highest BCUT2D eigenvalue weighted by Crippen LogP contribution is 2.68. The number of hydrogen-bond acceptors (Lipinski definition) is 1. The van der Waals surface area contributed by atoms with Crippen LogP contribution >= 0.6 is 12.6 Å². The van der Waals surface area contributed by atoms with E-state index < -0.39 is 0 Å². The first-order valence-corrected chi connectivity index (χ1v) is 13.2. The highest BCUT2D eigenvalue weighted by molar-refractivity contribution is 7.80. The molecule has 2 saturated carbocycles. The fourth-order valence-electron chi connectivity index (χ4n) is 7.94.